The van der Waals surface area contributed by atoms with Crippen molar-refractivity contribution >= 4 is 29.0 Å². The van der Waals surface area contributed by atoms with Crippen LogP contribution < -0.4 is 15.5 Å². The fourth-order valence-corrected chi connectivity index (χ4v) is 4.41. The first-order chi connectivity index (χ1) is 15.7. The number of amides is 1. The fraction of sp³-hybridized carbons (Fsp3) is 0.417. The monoisotopic (exact) mass is 432 g/mol. The number of fused-ring (bicyclic) bond motifs is 1. The van der Waals surface area contributed by atoms with E-state index in [1.807, 2.05) is 37.3 Å². The lowest BCUT2D eigenvalue weighted by atomic mass is 9.96. The molecule has 0 radical (unpaired) electrons. The number of anilines is 4. The number of aryl methyl sites for hydroxylation is 2. The van der Waals surface area contributed by atoms with Crippen molar-refractivity contribution in [3.63, 3.8) is 0 Å². The number of benzene rings is 1. The Labute approximate surface area is 187 Å². The first-order valence-electron chi connectivity index (χ1n) is 11.4. The molecule has 0 saturated carbocycles. The number of aromatic nitrogens is 3. The Bertz CT molecular complexity index is 1100. The number of nitrogens with one attached hydrogen (secondary N) is 2. The lowest BCUT2D eigenvalue weighted by molar-refractivity contribution is 0.101. The van der Waals surface area contributed by atoms with Crippen LogP contribution in [0.15, 0.2) is 34.9 Å². The van der Waals surface area contributed by atoms with E-state index < -0.39 is 0 Å². The highest BCUT2D eigenvalue weighted by molar-refractivity contribution is 6.04. The van der Waals surface area contributed by atoms with Crippen LogP contribution in [0.5, 0.6) is 0 Å². The van der Waals surface area contributed by atoms with Gasteiger partial charge in [-0.2, -0.15) is 4.98 Å². The smallest absolute Gasteiger partial charge is 0.278 e. The first-order valence-corrected chi connectivity index (χ1v) is 11.4. The molecule has 3 aromatic rings. The standard InChI is InChI=1S/C24H28N6O2/c1-16-15-21(30-13-5-2-6-14-30)28-24(25-16)27-18-11-9-17(10-12-18)26-23(31)22-19-7-3-4-8-20(19)32-29-22/h9-12,15H,2-8,13-14H2,1H3,(H,26,31)(H,25,27,28). The molecule has 1 fully saturated rings. The second kappa shape index (κ2) is 8.98. The van der Waals surface area contributed by atoms with Gasteiger partial charge in [-0.3, -0.25) is 4.79 Å². The summed E-state index contributed by atoms with van der Waals surface area (Å²) in [6, 6.07) is 9.56. The van der Waals surface area contributed by atoms with E-state index in [0.717, 1.165) is 67.3 Å². The fourth-order valence-electron chi connectivity index (χ4n) is 4.41. The third-order valence-corrected chi connectivity index (χ3v) is 6.08. The molecular formula is C24H28N6O2. The summed E-state index contributed by atoms with van der Waals surface area (Å²) in [6.07, 6.45) is 7.55. The summed E-state index contributed by atoms with van der Waals surface area (Å²) in [5, 5.41) is 10.2. The molecular weight excluding hydrogens is 404 g/mol. The van der Waals surface area contributed by atoms with Gasteiger partial charge in [0, 0.05) is 48.2 Å². The van der Waals surface area contributed by atoms with Gasteiger partial charge >= 0.3 is 0 Å². The maximum absolute atomic E-state index is 12.7. The van der Waals surface area contributed by atoms with Crippen LogP contribution in [0, 0.1) is 6.92 Å². The van der Waals surface area contributed by atoms with E-state index in [9.17, 15) is 4.79 Å². The van der Waals surface area contributed by atoms with E-state index in [1.165, 1.54) is 19.3 Å². The lowest BCUT2D eigenvalue weighted by Crippen LogP contribution is -2.30. The molecule has 32 heavy (non-hydrogen) atoms. The number of carbonyl (C=O) groups is 1. The predicted molar refractivity (Wildman–Crippen MR) is 124 cm³/mol. The van der Waals surface area contributed by atoms with Gasteiger partial charge < -0.3 is 20.1 Å². The van der Waals surface area contributed by atoms with Crippen molar-refractivity contribution in [2.45, 2.75) is 51.9 Å². The average Bonchev–Trinajstić information content (AvgIpc) is 3.25. The van der Waals surface area contributed by atoms with Gasteiger partial charge in [0.25, 0.3) is 5.91 Å². The summed E-state index contributed by atoms with van der Waals surface area (Å²) in [6.45, 7) is 4.07. The molecule has 1 aliphatic carbocycles. The molecule has 3 heterocycles. The van der Waals surface area contributed by atoms with Crippen molar-refractivity contribution in [1.29, 1.82) is 0 Å². The molecule has 1 amide bonds. The normalized spacial score (nSPS) is 15.8. The zero-order chi connectivity index (χ0) is 21.9. The second-order valence-electron chi connectivity index (χ2n) is 8.54. The van der Waals surface area contributed by atoms with Crippen LogP contribution in [0.2, 0.25) is 0 Å². The number of piperidine rings is 1. The molecule has 2 N–H and O–H groups in total. The lowest BCUT2D eigenvalue weighted by Gasteiger charge is -2.28. The third-order valence-electron chi connectivity index (χ3n) is 6.08. The highest BCUT2D eigenvalue weighted by Gasteiger charge is 2.24. The van der Waals surface area contributed by atoms with Gasteiger partial charge in [-0.05, 0) is 69.7 Å². The average molecular weight is 433 g/mol. The van der Waals surface area contributed by atoms with Crippen molar-refractivity contribution < 1.29 is 9.32 Å². The van der Waals surface area contributed by atoms with Gasteiger partial charge in [0.2, 0.25) is 5.95 Å². The molecule has 0 bridgehead atoms. The second-order valence-corrected chi connectivity index (χ2v) is 8.54. The van der Waals surface area contributed by atoms with E-state index in [0.29, 0.717) is 17.3 Å². The Kier molecular flexibility index (Phi) is 5.75. The minimum absolute atomic E-state index is 0.231. The predicted octanol–water partition coefficient (Wildman–Crippen LogP) is 4.64. The van der Waals surface area contributed by atoms with Gasteiger partial charge in [0.05, 0.1) is 0 Å². The third kappa shape index (κ3) is 4.44. The highest BCUT2D eigenvalue weighted by Crippen LogP contribution is 2.26. The maximum Gasteiger partial charge on any atom is 0.278 e. The summed E-state index contributed by atoms with van der Waals surface area (Å²) in [5.74, 6) is 2.17. The number of hydrogen-bond acceptors (Lipinski definition) is 7. The summed E-state index contributed by atoms with van der Waals surface area (Å²) in [7, 11) is 0. The topological polar surface area (TPSA) is 96.2 Å². The summed E-state index contributed by atoms with van der Waals surface area (Å²) in [5.41, 5.74) is 3.85. The number of nitrogens with zero attached hydrogens (tertiary/aromatic N) is 4. The molecule has 8 heteroatoms. The van der Waals surface area contributed by atoms with E-state index in [1.54, 1.807) is 0 Å². The largest absolute Gasteiger partial charge is 0.360 e. The summed E-state index contributed by atoms with van der Waals surface area (Å²) >= 11 is 0. The molecule has 0 atom stereocenters. The van der Waals surface area contributed by atoms with Crippen molar-refractivity contribution in [2.75, 3.05) is 28.6 Å². The zero-order valence-electron chi connectivity index (χ0n) is 18.4. The Balaban J connectivity index is 1.26. The van der Waals surface area contributed by atoms with Gasteiger partial charge in [-0.15, -0.1) is 0 Å². The molecule has 1 aliphatic heterocycles. The number of carbonyl (C=O) groups excluding carboxylic acids is 1. The molecule has 2 aromatic heterocycles. The van der Waals surface area contributed by atoms with Crippen molar-refractivity contribution in [2.24, 2.45) is 0 Å². The van der Waals surface area contributed by atoms with Gasteiger partial charge in [-0.1, -0.05) is 5.16 Å². The van der Waals surface area contributed by atoms with Crippen LogP contribution in [-0.4, -0.2) is 34.1 Å². The quantitative estimate of drug-likeness (QED) is 0.606. The molecule has 1 saturated heterocycles. The molecule has 2 aliphatic rings. The van der Waals surface area contributed by atoms with E-state index in [-0.39, 0.29) is 5.91 Å². The Morgan fingerprint density at radius 1 is 0.969 bits per heavy atom. The molecule has 0 unspecified atom stereocenters. The minimum Gasteiger partial charge on any atom is -0.360 e. The van der Waals surface area contributed by atoms with Crippen LogP contribution in [0.1, 0.15) is 59.6 Å². The van der Waals surface area contributed by atoms with Crippen LogP contribution in [-0.2, 0) is 12.8 Å². The van der Waals surface area contributed by atoms with Crippen LogP contribution in [0.3, 0.4) is 0 Å². The minimum atomic E-state index is -0.231. The van der Waals surface area contributed by atoms with Crippen molar-refractivity contribution in [3.8, 4) is 0 Å². The summed E-state index contributed by atoms with van der Waals surface area (Å²) < 4.78 is 5.36. The highest BCUT2D eigenvalue weighted by atomic mass is 16.5. The van der Waals surface area contributed by atoms with Crippen molar-refractivity contribution in [3.05, 3.63) is 53.0 Å². The van der Waals surface area contributed by atoms with E-state index >= 15 is 0 Å². The van der Waals surface area contributed by atoms with Crippen molar-refractivity contribution in [1.82, 2.24) is 15.1 Å². The zero-order valence-corrected chi connectivity index (χ0v) is 18.4. The number of hydrogen-bond donors (Lipinski definition) is 2. The number of rotatable bonds is 5. The van der Waals surface area contributed by atoms with E-state index in [4.69, 9.17) is 9.51 Å². The molecule has 8 nitrogen and oxygen atoms in total. The molecule has 1 aromatic carbocycles. The van der Waals surface area contributed by atoms with Crippen LogP contribution in [0.25, 0.3) is 0 Å². The first kappa shape index (κ1) is 20.5. The molecule has 5 rings (SSSR count). The van der Waals surface area contributed by atoms with Crippen LogP contribution in [0.4, 0.5) is 23.1 Å². The summed E-state index contributed by atoms with van der Waals surface area (Å²) in [4.78, 5) is 24.2. The maximum atomic E-state index is 12.7. The Morgan fingerprint density at radius 2 is 1.72 bits per heavy atom. The Morgan fingerprint density at radius 3 is 2.53 bits per heavy atom. The van der Waals surface area contributed by atoms with Gasteiger partial charge in [0.15, 0.2) is 5.69 Å². The molecule has 0 spiro atoms. The van der Waals surface area contributed by atoms with Gasteiger partial charge in [-0.25, -0.2) is 4.98 Å². The SMILES string of the molecule is Cc1cc(N2CCCCC2)nc(Nc2ccc(NC(=O)c3noc4c3CCCC4)cc2)n1. The van der Waals surface area contributed by atoms with Crippen LogP contribution >= 0.6 is 0 Å². The molecule has 166 valence electrons. The Hall–Kier alpha value is -3.42. The van der Waals surface area contributed by atoms with Gasteiger partial charge in [0.1, 0.15) is 11.6 Å². The van der Waals surface area contributed by atoms with E-state index in [2.05, 4.69) is 25.7 Å².